The van der Waals surface area contributed by atoms with Crippen molar-refractivity contribution >= 4 is 0 Å². The van der Waals surface area contributed by atoms with Gasteiger partial charge in [-0.15, -0.1) is 0 Å². The first-order valence-electron chi connectivity index (χ1n) is 4.93. The minimum atomic E-state index is 0.217. The topological polar surface area (TPSA) is 33.0 Å². The fourth-order valence-corrected chi connectivity index (χ4v) is 1.34. The molecule has 74 valence electrons. The summed E-state index contributed by atoms with van der Waals surface area (Å²) in [6.45, 7) is 4.17. The van der Waals surface area contributed by atoms with Gasteiger partial charge in [-0.1, -0.05) is 19.4 Å². The number of nitriles is 1. The van der Waals surface area contributed by atoms with Crippen molar-refractivity contribution in [2.45, 2.75) is 32.8 Å². The molecule has 0 bridgehead atoms. The molecule has 1 atom stereocenters. The second kappa shape index (κ2) is 5.29. The summed E-state index contributed by atoms with van der Waals surface area (Å²) in [6.07, 6.45) is 2.37. The van der Waals surface area contributed by atoms with Crippen molar-refractivity contribution in [3.05, 3.63) is 29.8 Å². The van der Waals surface area contributed by atoms with Crippen LogP contribution in [0.3, 0.4) is 0 Å². The Bertz CT molecular complexity index is 327. The van der Waals surface area contributed by atoms with Crippen molar-refractivity contribution < 1.29 is 4.74 Å². The van der Waals surface area contributed by atoms with Crippen molar-refractivity contribution in [1.29, 1.82) is 5.26 Å². The molecular formula is C12H15NO. The third-order valence-corrected chi connectivity index (χ3v) is 2.00. The van der Waals surface area contributed by atoms with Crippen LogP contribution >= 0.6 is 0 Å². The molecule has 0 radical (unpaired) electrons. The van der Waals surface area contributed by atoms with Crippen molar-refractivity contribution in [3.63, 3.8) is 0 Å². The zero-order valence-electron chi connectivity index (χ0n) is 8.66. The average Bonchev–Trinajstić information content (AvgIpc) is 2.18. The van der Waals surface area contributed by atoms with Crippen LogP contribution in [-0.2, 0) is 0 Å². The van der Waals surface area contributed by atoms with Crippen LogP contribution in [0.1, 0.15) is 32.3 Å². The van der Waals surface area contributed by atoms with Gasteiger partial charge in [0.1, 0.15) is 5.75 Å². The lowest BCUT2D eigenvalue weighted by Crippen LogP contribution is -2.10. The molecular weight excluding hydrogens is 174 g/mol. The van der Waals surface area contributed by atoms with Gasteiger partial charge in [-0.05, 0) is 31.5 Å². The van der Waals surface area contributed by atoms with Crippen LogP contribution in [0.5, 0.6) is 5.75 Å². The van der Waals surface area contributed by atoms with Gasteiger partial charge in [0, 0.05) is 0 Å². The van der Waals surface area contributed by atoms with E-state index < -0.39 is 0 Å². The number of hydrogen-bond acceptors (Lipinski definition) is 2. The van der Waals surface area contributed by atoms with Crippen molar-refractivity contribution in [3.8, 4) is 11.8 Å². The van der Waals surface area contributed by atoms with E-state index in [0.717, 1.165) is 18.6 Å². The molecule has 0 spiro atoms. The fraction of sp³-hybridized carbons (Fsp3) is 0.417. The van der Waals surface area contributed by atoms with Crippen molar-refractivity contribution in [1.82, 2.24) is 0 Å². The lowest BCUT2D eigenvalue weighted by atomic mass is 10.2. The van der Waals surface area contributed by atoms with E-state index in [1.54, 1.807) is 12.1 Å². The number of benzene rings is 1. The maximum absolute atomic E-state index is 8.69. The summed E-state index contributed by atoms with van der Waals surface area (Å²) in [7, 11) is 0. The van der Waals surface area contributed by atoms with Gasteiger partial charge in [0.05, 0.1) is 17.7 Å². The number of rotatable bonds is 4. The second-order valence-corrected chi connectivity index (χ2v) is 3.36. The smallest absolute Gasteiger partial charge is 0.121 e. The maximum Gasteiger partial charge on any atom is 0.121 e. The Morgan fingerprint density at radius 2 is 2.29 bits per heavy atom. The van der Waals surface area contributed by atoms with Gasteiger partial charge in [0.25, 0.3) is 0 Å². The highest BCUT2D eigenvalue weighted by molar-refractivity contribution is 5.36. The van der Waals surface area contributed by atoms with Crippen LogP contribution in [0, 0.1) is 11.3 Å². The van der Waals surface area contributed by atoms with E-state index in [4.69, 9.17) is 10.00 Å². The van der Waals surface area contributed by atoms with E-state index in [0.29, 0.717) is 5.56 Å². The van der Waals surface area contributed by atoms with Crippen LogP contribution in [0.25, 0.3) is 0 Å². The normalized spacial score (nSPS) is 11.8. The molecule has 1 aromatic carbocycles. The van der Waals surface area contributed by atoms with E-state index >= 15 is 0 Å². The molecule has 0 aliphatic heterocycles. The molecule has 0 amide bonds. The first-order chi connectivity index (χ1) is 6.76. The standard InChI is InChI=1S/C12H15NO/c1-3-5-10(2)14-12-7-4-6-11(8-12)9-13/h4,6-8,10H,3,5H2,1-2H3. The summed E-state index contributed by atoms with van der Waals surface area (Å²) < 4.78 is 5.65. The van der Waals surface area contributed by atoms with E-state index in [1.807, 2.05) is 19.1 Å². The summed E-state index contributed by atoms with van der Waals surface area (Å²) in [5.74, 6) is 0.782. The SMILES string of the molecule is CCCC(C)Oc1cccc(C#N)c1. The van der Waals surface area contributed by atoms with Gasteiger partial charge in [-0.3, -0.25) is 0 Å². The molecule has 0 saturated carbocycles. The average molecular weight is 189 g/mol. The predicted molar refractivity (Wildman–Crippen MR) is 56.2 cm³/mol. The zero-order valence-corrected chi connectivity index (χ0v) is 8.66. The number of ether oxygens (including phenoxy) is 1. The van der Waals surface area contributed by atoms with Gasteiger partial charge in [-0.25, -0.2) is 0 Å². The molecule has 0 saturated heterocycles. The maximum atomic E-state index is 8.69. The molecule has 0 aliphatic carbocycles. The van der Waals surface area contributed by atoms with Gasteiger partial charge >= 0.3 is 0 Å². The Balaban J connectivity index is 2.63. The summed E-state index contributed by atoms with van der Waals surface area (Å²) in [4.78, 5) is 0. The molecule has 0 aliphatic rings. The Hall–Kier alpha value is -1.49. The lowest BCUT2D eigenvalue weighted by Gasteiger charge is -2.13. The monoisotopic (exact) mass is 189 g/mol. The van der Waals surface area contributed by atoms with Crippen LogP contribution in [0.15, 0.2) is 24.3 Å². The van der Waals surface area contributed by atoms with Crippen LogP contribution in [0.2, 0.25) is 0 Å². The third-order valence-electron chi connectivity index (χ3n) is 2.00. The number of nitrogens with zero attached hydrogens (tertiary/aromatic N) is 1. The molecule has 2 nitrogen and oxygen atoms in total. The minimum Gasteiger partial charge on any atom is -0.491 e. The summed E-state index contributed by atoms with van der Waals surface area (Å²) in [5.41, 5.74) is 0.645. The fourth-order valence-electron chi connectivity index (χ4n) is 1.34. The van der Waals surface area contributed by atoms with Crippen molar-refractivity contribution in [2.24, 2.45) is 0 Å². The summed E-state index contributed by atoms with van der Waals surface area (Å²) >= 11 is 0. The summed E-state index contributed by atoms with van der Waals surface area (Å²) in [5, 5.41) is 8.69. The molecule has 1 aromatic rings. The highest BCUT2D eigenvalue weighted by Gasteiger charge is 2.02. The Kier molecular flexibility index (Phi) is 4.00. The quantitative estimate of drug-likeness (QED) is 0.729. The van der Waals surface area contributed by atoms with Crippen molar-refractivity contribution in [2.75, 3.05) is 0 Å². The van der Waals surface area contributed by atoms with Gasteiger partial charge < -0.3 is 4.74 Å². The van der Waals surface area contributed by atoms with Gasteiger partial charge in [0.2, 0.25) is 0 Å². The van der Waals surface area contributed by atoms with E-state index in [9.17, 15) is 0 Å². The minimum absolute atomic E-state index is 0.217. The van der Waals surface area contributed by atoms with E-state index in [-0.39, 0.29) is 6.10 Å². The van der Waals surface area contributed by atoms with E-state index in [1.165, 1.54) is 0 Å². The Morgan fingerprint density at radius 3 is 2.93 bits per heavy atom. The summed E-state index contributed by atoms with van der Waals surface area (Å²) in [6, 6.07) is 9.36. The molecule has 14 heavy (non-hydrogen) atoms. The predicted octanol–water partition coefficient (Wildman–Crippen LogP) is 3.13. The zero-order chi connectivity index (χ0) is 10.4. The number of hydrogen-bond donors (Lipinski definition) is 0. The second-order valence-electron chi connectivity index (χ2n) is 3.36. The highest BCUT2D eigenvalue weighted by Crippen LogP contribution is 2.15. The molecule has 0 heterocycles. The van der Waals surface area contributed by atoms with Crippen LogP contribution < -0.4 is 4.74 Å². The highest BCUT2D eigenvalue weighted by atomic mass is 16.5. The third kappa shape index (κ3) is 3.10. The van der Waals surface area contributed by atoms with Gasteiger partial charge in [-0.2, -0.15) is 5.26 Å². The lowest BCUT2D eigenvalue weighted by molar-refractivity contribution is 0.210. The molecule has 1 rings (SSSR count). The molecule has 2 heteroatoms. The first kappa shape index (κ1) is 10.6. The van der Waals surface area contributed by atoms with E-state index in [2.05, 4.69) is 13.0 Å². The largest absolute Gasteiger partial charge is 0.491 e. The molecule has 1 unspecified atom stereocenters. The molecule has 0 aromatic heterocycles. The Morgan fingerprint density at radius 1 is 1.50 bits per heavy atom. The first-order valence-corrected chi connectivity index (χ1v) is 4.93. The molecule has 0 N–H and O–H groups in total. The molecule has 0 fully saturated rings. The van der Waals surface area contributed by atoms with Crippen LogP contribution in [0.4, 0.5) is 0 Å². The Labute approximate surface area is 85.1 Å². The van der Waals surface area contributed by atoms with Gasteiger partial charge in [0.15, 0.2) is 0 Å². The van der Waals surface area contributed by atoms with Crippen LogP contribution in [-0.4, -0.2) is 6.10 Å².